The lowest BCUT2D eigenvalue weighted by Gasteiger charge is -2.71. The van der Waals surface area contributed by atoms with Crippen LogP contribution in [0.4, 0.5) is 0 Å². The van der Waals surface area contributed by atoms with E-state index in [1.807, 2.05) is 0 Å². The minimum Gasteiger partial charge on any atom is -0.504 e. The van der Waals surface area contributed by atoms with E-state index in [0.717, 1.165) is 51.4 Å². The largest absolute Gasteiger partial charge is 0.504 e. The maximum Gasteiger partial charge on any atom is 0.330 e. The van der Waals surface area contributed by atoms with Crippen LogP contribution in [0.1, 0.15) is 105 Å². The average molecular weight is 649 g/mol. The van der Waals surface area contributed by atoms with E-state index in [-0.39, 0.29) is 40.4 Å². The molecule has 0 spiro atoms. The Kier molecular flexibility index (Phi) is 8.46. The summed E-state index contributed by atoms with van der Waals surface area (Å²) in [6, 6.07) is 4.88. The van der Waals surface area contributed by atoms with Gasteiger partial charge < -0.3 is 24.8 Å². The van der Waals surface area contributed by atoms with Gasteiger partial charge in [0, 0.05) is 11.5 Å². The van der Waals surface area contributed by atoms with Crippen LogP contribution in [0, 0.1) is 56.7 Å². The Morgan fingerprint density at radius 1 is 0.979 bits per heavy atom. The second kappa shape index (κ2) is 11.7. The van der Waals surface area contributed by atoms with Crippen molar-refractivity contribution in [2.24, 2.45) is 56.7 Å². The van der Waals surface area contributed by atoms with Crippen LogP contribution in [-0.2, 0) is 14.3 Å². The number of rotatable bonds is 6. The normalized spacial score (nSPS) is 44.3. The molecule has 1 aromatic carbocycles. The molecule has 0 bridgehead atoms. The van der Waals surface area contributed by atoms with Crippen LogP contribution in [0.2, 0.25) is 0 Å². The standard InChI is InChI=1S/C40H56O7/c1-24-14-19-40(35(44)45)21-20-38(5)27(34(40)25(24)2)10-12-31-36(3)17-16-32(42)37(4,30(36)15-18-39(31,38)6)23-47-33(43)13-9-26-8-11-28(41)29(22-26)46-7/h8-11,13,22,24-25,30-32,34,41-42H,12,14-21,23H2,1-7H3,(H,44,45)/b13-9-/t24-,25+,30-,31-,32+,34+,36+,37-,38-,39-,40+/m1/s1. The Morgan fingerprint density at radius 2 is 1.72 bits per heavy atom. The van der Waals surface area contributed by atoms with Crippen LogP contribution in [0.5, 0.6) is 11.5 Å². The summed E-state index contributed by atoms with van der Waals surface area (Å²) in [6.07, 6.45) is 12.9. The Labute approximate surface area is 280 Å². The predicted molar refractivity (Wildman–Crippen MR) is 182 cm³/mol. The van der Waals surface area contributed by atoms with Crippen molar-refractivity contribution in [2.45, 2.75) is 105 Å². The summed E-state index contributed by atoms with van der Waals surface area (Å²) in [5.74, 6) is 0.811. The first-order valence-electron chi connectivity index (χ1n) is 17.9. The third-order valence-corrected chi connectivity index (χ3v) is 15.3. The molecule has 5 aliphatic rings. The average Bonchev–Trinajstić information content (AvgIpc) is 3.03. The van der Waals surface area contributed by atoms with Gasteiger partial charge in [0.2, 0.25) is 0 Å². The highest BCUT2D eigenvalue weighted by Crippen LogP contribution is 2.75. The molecule has 11 atom stereocenters. The molecule has 0 aliphatic heterocycles. The highest BCUT2D eigenvalue weighted by Gasteiger charge is 2.70. The van der Waals surface area contributed by atoms with E-state index in [2.05, 4.69) is 47.6 Å². The Hall–Kier alpha value is -2.80. The fourth-order valence-corrected chi connectivity index (χ4v) is 12.1. The van der Waals surface area contributed by atoms with Gasteiger partial charge in [-0.15, -0.1) is 0 Å². The van der Waals surface area contributed by atoms with Crippen molar-refractivity contribution in [2.75, 3.05) is 13.7 Å². The molecule has 0 radical (unpaired) electrons. The summed E-state index contributed by atoms with van der Waals surface area (Å²) in [5, 5.41) is 32.1. The third-order valence-electron chi connectivity index (χ3n) is 15.3. The monoisotopic (exact) mass is 648 g/mol. The number of allylic oxidation sites excluding steroid dienone is 2. The first-order chi connectivity index (χ1) is 22.1. The van der Waals surface area contributed by atoms with Gasteiger partial charge >= 0.3 is 11.9 Å². The first kappa shape index (κ1) is 34.1. The Morgan fingerprint density at radius 3 is 2.43 bits per heavy atom. The van der Waals surface area contributed by atoms with Gasteiger partial charge in [0.25, 0.3) is 0 Å². The smallest absolute Gasteiger partial charge is 0.330 e. The highest BCUT2D eigenvalue weighted by atomic mass is 16.5. The van der Waals surface area contributed by atoms with Crippen LogP contribution >= 0.6 is 0 Å². The molecule has 3 N–H and O–H groups in total. The molecule has 0 aromatic heterocycles. The number of aliphatic hydroxyl groups excluding tert-OH is 1. The number of carboxylic acids is 1. The first-order valence-corrected chi connectivity index (χ1v) is 17.9. The summed E-state index contributed by atoms with van der Waals surface area (Å²) >= 11 is 0. The topological polar surface area (TPSA) is 113 Å². The van der Waals surface area contributed by atoms with Crippen molar-refractivity contribution < 1.29 is 34.4 Å². The molecule has 1 aromatic rings. The zero-order valence-corrected chi connectivity index (χ0v) is 29.5. The molecule has 7 heteroatoms. The molecule has 258 valence electrons. The molecule has 0 unspecified atom stereocenters. The van der Waals surface area contributed by atoms with Gasteiger partial charge in [-0.25, -0.2) is 4.79 Å². The van der Waals surface area contributed by atoms with Gasteiger partial charge in [-0.05, 0) is 127 Å². The summed E-state index contributed by atoms with van der Waals surface area (Å²) in [5.41, 5.74) is 0.796. The number of aromatic hydroxyl groups is 1. The third kappa shape index (κ3) is 4.91. The van der Waals surface area contributed by atoms with Gasteiger partial charge in [-0.1, -0.05) is 59.3 Å². The molecule has 0 heterocycles. The number of benzene rings is 1. The number of methoxy groups -OCH3 is 1. The maximum atomic E-state index is 13.0. The fourth-order valence-electron chi connectivity index (χ4n) is 12.1. The van der Waals surface area contributed by atoms with E-state index in [4.69, 9.17) is 9.47 Å². The predicted octanol–water partition coefficient (Wildman–Crippen LogP) is 8.04. The molecule has 0 saturated heterocycles. The molecular weight excluding hydrogens is 592 g/mol. The summed E-state index contributed by atoms with van der Waals surface area (Å²) in [4.78, 5) is 26.0. The van der Waals surface area contributed by atoms with Gasteiger partial charge in [0.05, 0.1) is 25.2 Å². The van der Waals surface area contributed by atoms with Gasteiger partial charge in [0.15, 0.2) is 11.5 Å². The Bertz CT molecular complexity index is 1480. The number of aliphatic carboxylic acids is 1. The quantitative estimate of drug-likeness (QED) is 0.163. The number of carbonyl (C=O) groups excluding carboxylic acids is 1. The molecule has 6 rings (SSSR count). The second-order valence-electron chi connectivity index (χ2n) is 17.0. The van der Waals surface area contributed by atoms with Crippen LogP contribution in [-0.4, -0.2) is 47.1 Å². The molecular formula is C40H56O7. The fraction of sp³-hybridized carbons (Fsp3) is 0.700. The van der Waals surface area contributed by atoms with Gasteiger partial charge in [-0.2, -0.15) is 0 Å². The van der Waals surface area contributed by atoms with E-state index in [9.17, 15) is 24.9 Å². The lowest BCUT2D eigenvalue weighted by atomic mass is 9.33. The van der Waals surface area contributed by atoms with E-state index < -0.39 is 28.9 Å². The SMILES string of the molecule is COc1cc(/C=C\C(=O)OC[C@]2(C)[C@@H]3CC[C@]4(C)[C@H](CC=C5[C@@H]6[C@@H](C)[C@H](C)CC[C@]6(C(=O)O)CC[C@]54C)[C@@]3(C)CC[C@@H]2O)ccc1O. The number of phenols is 1. The van der Waals surface area contributed by atoms with Crippen molar-refractivity contribution in [3.8, 4) is 11.5 Å². The van der Waals surface area contributed by atoms with E-state index >= 15 is 0 Å². The number of hydrogen-bond donors (Lipinski definition) is 3. The molecule has 47 heavy (non-hydrogen) atoms. The number of ether oxygens (including phenoxy) is 2. The zero-order chi connectivity index (χ0) is 34.2. The van der Waals surface area contributed by atoms with E-state index in [0.29, 0.717) is 35.5 Å². The summed E-state index contributed by atoms with van der Waals surface area (Å²) in [7, 11) is 1.48. The minimum absolute atomic E-state index is 0.0151. The van der Waals surface area contributed by atoms with Crippen molar-refractivity contribution in [1.29, 1.82) is 0 Å². The second-order valence-corrected chi connectivity index (χ2v) is 17.0. The summed E-state index contributed by atoms with van der Waals surface area (Å²) in [6.45, 7) is 14.3. The number of hydrogen-bond acceptors (Lipinski definition) is 6. The van der Waals surface area contributed by atoms with Crippen LogP contribution in [0.15, 0.2) is 35.9 Å². The van der Waals surface area contributed by atoms with Crippen LogP contribution in [0.25, 0.3) is 6.08 Å². The number of carbonyl (C=O) groups is 2. The minimum atomic E-state index is -0.651. The number of aliphatic hydroxyl groups is 1. The van der Waals surface area contributed by atoms with Crippen molar-refractivity contribution in [3.05, 3.63) is 41.5 Å². The Balaban J connectivity index is 1.26. The molecule has 0 amide bonds. The number of carboxylic acid groups (broad SMARTS) is 1. The van der Waals surface area contributed by atoms with Crippen LogP contribution in [0.3, 0.4) is 0 Å². The maximum absolute atomic E-state index is 13.0. The van der Waals surface area contributed by atoms with Crippen molar-refractivity contribution in [3.63, 3.8) is 0 Å². The zero-order valence-electron chi connectivity index (χ0n) is 29.5. The van der Waals surface area contributed by atoms with Gasteiger partial charge in [-0.3, -0.25) is 4.79 Å². The van der Waals surface area contributed by atoms with Crippen LogP contribution < -0.4 is 4.74 Å². The number of fused-ring (bicyclic) bond motifs is 7. The van der Waals surface area contributed by atoms with Gasteiger partial charge in [0.1, 0.15) is 0 Å². The van der Waals surface area contributed by atoms with Crippen molar-refractivity contribution >= 4 is 18.0 Å². The van der Waals surface area contributed by atoms with E-state index in [1.54, 1.807) is 18.2 Å². The molecule has 4 fully saturated rings. The number of esters is 1. The molecule has 7 nitrogen and oxygen atoms in total. The lowest BCUT2D eigenvalue weighted by molar-refractivity contribution is -0.220. The molecule has 5 aliphatic carbocycles. The summed E-state index contributed by atoms with van der Waals surface area (Å²) < 4.78 is 11.1. The highest BCUT2D eigenvalue weighted by molar-refractivity contribution is 5.87. The number of phenolic OH excluding ortho intramolecular Hbond substituents is 1. The van der Waals surface area contributed by atoms with E-state index in [1.165, 1.54) is 24.8 Å². The molecule has 4 saturated carbocycles. The lowest BCUT2D eigenvalue weighted by Crippen LogP contribution is -2.66. The van der Waals surface area contributed by atoms with Crippen molar-refractivity contribution in [1.82, 2.24) is 0 Å².